The van der Waals surface area contributed by atoms with Crippen LogP contribution in [0.25, 0.3) is 0 Å². The number of hydrogen-bond acceptors (Lipinski definition) is 5. The number of hydrogen-bond donors (Lipinski definition) is 1. The van der Waals surface area contributed by atoms with Crippen molar-refractivity contribution >= 4 is 17.5 Å². The lowest BCUT2D eigenvalue weighted by Crippen LogP contribution is -2.39. The maximum atomic E-state index is 11.9. The SMILES string of the molecule is COCC(C)NC(=O)Cn1cnc(Cl)c(OC)c1=O. The molecule has 0 aromatic carbocycles. The average Bonchev–Trinajstić information content (AvgIpc) is 2.33. The van der Waals surface area contributed by atoms with Crippen LogP contribution in [0.4, 0.5) is 0 Å². The molecule has 1 aromatic heterocycles. The summed E-state index contributed by atoms with van der Waals surface area (Å²) in [6.07, 6.45) is 1.20. The predicted molar refractivity (Wildman–Crippen MR) is 69.5 cm³/mol. The summed E-state index contributed by atoms with van der Waals surface area (Å²) < 4.78 is 10.9. The number of carbonyl (C=O) groups excluding carboxylic acids is 1. The van der Waals surface area contributed by atoms with E-state index in [1.54, 1.807) is 14.0 Å². The second kappa shape index (κ2) is 7.10. The third kappa shape index (κ3) is 4.22. The third-order valence-electron chi connectivity index (χ3n) is 2.30. The van der Waals surface area contributed by atoms with E-state index in [-0.39, 0.29) is 29.4 Å². The van der Waals surface area contributed by atoms with Gasteiger partial charge in [0.05, 0.1) is 20.0 Å². The number of rotatable bonds is 6. The lowest BCUT2D eigenvalue weighted by atomic mass is 10.3. The number of amides is 1. The molecule has 0 spiro atoms. The summed E-state index contributed by atoms with van der Waals surface area (Å²) in [7, 11) is 2.86. The van der Waals surface area contributed by atoms with Crippen molar-refractivity contribution in [2.45, 2.75) is 19.5 Å². The van der Waals surface area contributed by atoms with Crippen LogP contribution >= 0.6 is 11.6 Å². The van der Waals surface area contributed by atoms with Crippen molar-refractivity contribution in [1.82, 2.24) is 14.9 Å². The van der Waals surface area contributed by atoms with E-state index >= 15 is 0 Å². The molecule has 0 aliphatic rings. The fourth-order valence-electron chi connectivity index (χ4n) is 1.50. The number of aromatic nitrogens is 2. The van der Waals surface area contributed by atoms with Gasteiger partial charge in [-0.05, 0) is 6.92 Å². The minimum Gasteiger partial charge on any atom is -0.489 e. The molecule has 0 saturated heterocycles. The lowest BCUT2D eigenvalue weighted by molar-refractivity contribution is -0.122. The predicted octanol–water partition coefficient (Wildman–Crippen LogP) is 0.0564. The fraction of sp³-hybridized carbons (Fsp3) is 0.545. The van der Waals surface area contributed by atoms with Gasteiger partial charge in [-0.25, -0.2) is 4.98 Å². The van der Waals surface area contributed by atoms with E-state index in [0.717, 1.165) is 4.57 Å². The number of nitrogens with zero attached hydrogens (tertiary/aromatic N) is 2. The summed E-state index contributed by atoms with van der Waals surface area (Å²) in [5.41, 5.74) is -0.503. The van der Waals surface area contributed by atoms with Gasteiger partial charge in [-0.1, -0.05) is 11.6 Å². The molecule has 1 rings (SSSR count). The molecule has 1 aromatic rings. The Balaban J connectivity index is 2.78. The van der Waals surface area contributed by atoms with Crippen LogP contribution in [0.1, 0.15) is 6.92 Å². The van der Waals surface area contributed by atoms with Crippen LogP contribution in [0.15, 0.2) is 11.1 Å². The number of ether oxygens (including phenoxy) is 2. The molecule has 8 heteroatoms. The molecule has 1 heterocycles. The van der Waals surface area contributed by atoms with Gasteiger partial charge in [-0.15, -0.1) is 0 Å². The molecule has 1 unspecified atom stereocenters. The number of carbonyl (C=O) groups is 1. The van der Waals surface area contributed by atoms with Gasteiger partial charge in [0.1, 0.15) is 6.54 Å². The Bertz CT molecular complexity index is 503. The molecule has 1 N–H and O–H groups in total. The molecule has 0 bridgehead atoms. The maximum Gasteiger partial charge on any atom is 0.297 e. The monoisotopic (exact) mass is 289 g/mol. The zero-order valence-electron chi connectivity index (χ0n) is 11.0. The fourth-order valence-corrected chi connectivity index (χ4v) is 1.70. The molecular weight excluding hydrogens is 274 g/mol. The van der Waals surface area contributed by atoms with Crippen LogP contribution in [-0.4, -0.2) is 42.3 Å². The summed E-state index contributed by atoms with van der Waals surface area (Å²) in [6, 6.07) is -0.143. The Morgan fingerprint density at radius 2 is 2.26 bits per heavy atom. The Morgan fingerprint density at radius 1 is 1.58 bits per heavy atom. The van der Waals surface area contributed by atoms with Gasteiger partial charge in [-0.3, -0.25) is 14.2 Å². The summed E-state index contributed by atoms with van der Waals surface area (Å²) in [4.78, 5) is 27.4. The molecule has 0 aliphatic heterocycles. The molecule has 106 valence electrons. The number of methoxy groups -OCH3 is 2. The van der Waals surface area contributed by atoms with Crippen LogP contribution in [0.5, 0.6) is 5.75 Å². The normalized spacial score (nSPS) is 12.0. The van der Waals surface area contributed by atoms with E-state index in [2.05, 4.69) is 10.3 Å². The van der Waals surface area contributed by atoms with E-state index in [9.17, 15) is 9.59 Å². The van der Waals surface area contributed by atoms with Gasteiger partial charge >= 0.3 is 0 Å². The molecule has 0 fully saturated rings. The summed E-state index contributed by atoms with van der Waals surface area (Å²) in [5, 5.41) is 2.65. The van der Waals surface area contributed by atoms with E-state index in [1.165, 1.54) is 13.4 Å². The molecular formula is C11H16ClN3O4. The van der Waals surface area contributed by atoms with Crippen molar-refractivity contribution in [2.24, 2.45) is 0 Å². The smallest absolute Gasteiger partial charge is 0.297 e. The highest BCUT2D eigenvalue weighted by molar-refractivity contribution is 6.30. The molecule has 0 saturated carbocycles. The van der Waals surface area contributed by atoms with Gasteiger partial charge in [0.2, 0.25) is 11.7 Å². The molecule has 1 amide bonds. The topological polar surface area (TPSA) is 82.4 Å². The van der Waals surface area contributed by atoms with Crippen molar-refractivity contribution in [3.05, 3.63) is 21.8 Å². The first-order valence-electron chi connectivity index (χ1n) is 5.56. The van der Waals surface area contributed by atoms with Crippen molar-refractivity contribution in [1.29, 1.82) is 0 Å². The van der Waals surface area contributed by atoms with Crippen molar-refractivity contribution in [3.63, 3.8) is 0 Å². The quantitative estimate of drug-likeness (QED) is 0.749. The zero-order chi connectivity index (χ0) is 14.4. The molecule has 0 aliphatic carbocycles. The largest absolute Gasteiger partial charge is 0.489 e. The van der Waals surface area contributed by atoms with Gasteiger partial charge in [0.25, 0.3) is 5.56 Å². The standard InChI is InChI=1S/C11H16ClN3O4/c1-7(5-18-2)14-8(16)4-15-6-13-10(12)9(19-3)11(15)17/h6-7H,4-5H2,1-3H3,(H,14,16). The minimum absolute atomic E-state index is 0.0306. The third-order valence-corrected chi connectivity index (χ3v) is 2.56. The first-order chi connectivity index (χ1) is 8.99. The van der Waals surface area contributed by atoms with Crippen LogP contribution in [0.3, 0.4) is 0 Å². The molecule has 7 nitrogen and oxygen atoms in total. The number of nitrogens with one attached hydrogen (secondary N) is 1. The summed E-state index contributed by atoms with van der Waals surface area (Å²) in [6.45, 7) is 2.03. The van der Waals surface area contributed by atoms with Crippen LogP contribution < -0.4 is 15.6 Å². The van der Waals surface area contributed by atoms with E-state index in [1.807, 2.05) is 0 Å². The van der Waals surface area contributed by atoms with E-state index in [4.69, 9.17) is 21.1 Å². The van der Waals surface area contributed by atoms with E-state index < -0.39 is 5.56 Å². The second-order valence-electron chi connectivity index (χ2n) is 3.93. The minimum atomic E-state index is -0.503. The van der Waals surface area contributed by atoms with Gasteiger partial charge in [-0.2, -0.15) is 0 Å². The van der Waals surface area contributed by atoms with Crippen molar-refractivity contribution < 1.29 is 14.3 Å². The van der Waals surface area contributed by atoms with Crippen molar-refractivity contribution in [3.8, 4) is 5.75 Å². The summed E-state index contributed by atoms with van der Waals surface area (Å²) >= 11 is 5.70. The molecule has 1 atom stereocenters. The number of halogens is 1. The average molecular weight is 290 g/mol. The zero-order valence-corrected chi connectivity index (χ0v) is 11.7. The van der Waals surface area contributed by atoms with Gasteiger partial charge in [0, 0.05) is 13.2 Å². The van der Waals surface area contributed by atoms with Crippen LogP contribution in [-0.2, 0) is 16.1 Å². The highest BCUT2D eigenvalue weighted by atomic mass is 35.5. The molecule has 19 heavy (non-hydrogen) atoms. The Kier molecular flexibility index (Phi) is 5.78. The first-order valence-corrected chi connectivity index (χ1v) is 5.94. The second-order valence-corrected chi connectivity index (χ2v) is 4.28. The highest BCUT2D eigenvalue weighted by Crippen LogP contribution is 2.14. The lowest BCUT2D eigenvalue weighted by Gasteiger charge is -2.13. The van der Waals surface area contributed by atoms with Crippen molar-refractivity contribution in [2.75, 3.05) is 20.8 Å². The highest BCUT2D eigenvalue weighted by Gasteiger charge is 2.13. The Hall–Kier alpha value is -1.60. The Morgan fingerprint density at radius 3 is 2.84 bits per heavy atom. The van der Waals surface area contributed by atoms with Crippen LogP contribution in [0.2, 0.25) is 5.15 Å². The van der Waals surface area contributed by atoms with Crippen LogP contribution in [0, 0.1) is 0 Å². The molecule has 0 radical (unpaired) electrons. The summed E-state index contributed by atoms with van der Waals surface area (Å²) in [5.74, 6) is -0.403. The maximum absolute atomic E-state index is 11.9. The van der Waals surface area contributed by atoms with Gasteiger partial charge in [0.15, 0.2) is 5.15 Å². The van der Waals surface area contributed by atoms with Gasteiger partial charge < -0.3 is 14.8 Å². The first kappa shape index (κ1) is 15.5. The Labute approximate surface area is 115 Å². The van der Waals surface area contributed by atoms with E-state index in [0.29, 0.717) is 6.61 Å².